The highest BCUT2D eigenvalue weighted by Gasteiger charge is 2.25. The highest BCUT2D eigenvalue weighted by molar-refractivity contribution is 7.15. The van der Waals surface area contributed by atoms with E-state index in [1.165, 1.54) is 13.0 Å². The molecule has 0 atom stereocenters. The lowest BCUT2D eigenvalue weighted by Gasteiger charge is -2.31. The number of nitrogens with one attached hydrogen (secondary N) is 1. The van der Waals surface area contributed by atoms with Crippen molar-refractivity contribution in [2.75, 3.05) is 13.1 Å². The normalized spacial score (nSPS) is 15.9. The van der Waals surface area contributed by atoms with Crippen LogP contribution >= 0.6 is 11.3 Å². The number of carboxylic acids is 1. The van der Waals surface area contributed by atoms with Crippen LogP contribution in [0, 0.1) is 0 Å². The Kier molecular flexibility index (Phi) is 4.39. The van der Waals surface area contributed by atoms with Crippen molar-refractivity contribution >= 4 is 29.1 Å². The summed E-state index contributed by atoms with van der Waals surface area (Å²) >= 11 is 0.994. The number of carbonyl (C=O) groups is 3. The molecule has 0 saturated carbocycles. The highest BCUT2D eigenvalue weighted by Crippen LogP contribution is 2.20. The topological polar surface area (TPSA) is 86.7 Å². The number of hydrogen-bond acceptors (Lipinski definition) is 4. The third kappa shape index (κ3) is 3.36. The van der Waals surface area contributed by atoms with Gasteiger partial charge < -0.3 is 15.3 Å². The van der Waals surface area contributed by atoms with E-state index in [9.17, 15) is 14.4 Å². The Morgan fingerprint density at radius 3 is 2.35 bits per heavy atom. The van der Waals surface area contributed by atoms with Gasteiger partial charge in [0.25, 0.3) is 5.91 Å². The highest BCUT2D eigenvalue weighted by atomic mass is 32.1. The fraction of sp³-hybridized carbons (Fsp3) is 0.462. The lowest BCUT2D eigenvalue weighted by Crippen LogP contribution is -2.45. The number of carbonyl (C=O) groups excluding carboxylic acids is 2. The van der Waals surface area contributed by atoms with Crippen LogP contribution in [0.4, 0.5) is 0 Å². The molecule has 1 fully saturated rings. The number of nitrogens with zero attached hydrogens (tertiary/aromatic N) is 1. The number of piperidine rings is 1. The van der Waals surface area contributed by atoms with E-state index in [1.807, 2.05) is 0 Å². The van der Waals surface area contributed by atoms with Crippen LogP contribution in [-0.2, 0) is 4.79 Å². The zero-order valence-electron chi connectivity index (χ0n) is 11.1. The van der Waals surface area contributed by atoms with Crippen molar-refractivity contribution in [2.24, 2.45) is 0 Å². The van der Waals surface area contributed by atoms with E-state index in [1.54, 1.807) is 11.0 Å². The van der Waals surface area contributed by atoms with E-state index in [4.69, 9.17) is 5.11 Å². The Hall–Kier alpha value is -1.89. The molecule has 1 saturated heterocycles. The van der Waals surface area contributed by atoms with Crippen LogP contribution in [0.1, 0.15) is 39.1 Å². The van der Waals surface area contributed by atoms with Crippen LogP contribution in [-0.4, -0.2) is 46.9 Å². The average Bonchev–Trinajstić information content (AvgIpc) is 2.88. The van der Waals surface area contributed by atoms with Crippen LogP contribution in [0.5, 0.6) is 0 Å². The summed E-state index contributed by atoms with van der Waals surface area (Å²) in [4.78, 5) is 36.3. The SMILES string of the molecule is CC(=O)NC1CCN(C(=O)c2ccc(C(=O)O)s2)CC1. The summed E-state index contributed by atoms with van der Waals surface area (Å²) in [5.74, 6) is -1.21. The number of likely N-dealkylation sites (tertiary alicyclic amines) is 1. The molecule has 6 nitrogen and oxygen atoms in total. The van der Waals surface area contributed by atoms with Gasteiger partial charge in [-0.25, -0.2) is 4.79 Å². The fourth-order valence-corrected chi connectivity index (χ4v) is 3.05. The van der Waals surface area contributed by atoms with Crippen LogP contribution in [0.2, 0.25) is 0 Å². The molecule has 1 aromatic rings. The van der Waals surface area contributed by atoms with Crippen molar-refractivity contribution < 1.29 is 19.5 Å². The van der Waals surface area contributed by atoms with Gasteiger partial charge in [-0.1, -0.05) is 0 Å². The van der Waals surface area contributed by atoms with Crippen LogP contribution in [0.15, 0.2) is 12.1 Å². The van der Waals surface area contributed by atoms with Gasteiger partial charge in [0.2, 0.25) is 5.91 Å². The molecule has 1 aromatic heterocycles. The molecule has 20 heavy (non-hydrogen) atoms. The Balaban J connectivity index is 1.94. The summed E-state index contributed by atoms with van der Waals surface area (Å²) in [5.41, 5.74) is 0. The van der Waals surface area contributed by atoms with Gasteiger partial charge in [0.15, 0.2) is 0 Å². The van der Waals surface area contributed by atoms with Crippen molar-refractivity contribution in [1.82, 2.24) is 10.2 Å². The van der Waals surface area contributed by atoms with Gasteiger partial charge in [-0.3, -0.25) is 9.59 Å². The van der Waals surface area contributed by atoms with E-state index in [2.05, 4.69) is 5.32 Å². The van der Waals surface area contributed by atoms with Crippen molar-refractivity contribution in [3.05, 3.63) is 21.9 Å². The Morgan fingerprint density at radius 1 is 1.25 bits per heavy atom. The first-order valence-corrected chi connectivity index (χ1v) is 7.18. The largest absolute Gasteiger partial charge is 0.477 e. The molecule has 0 spiro atoms. The van der Waals surface area contributed by atoms with Crippen LogP contribution in [0.25, 0.3) is 0 Å². The zero-order valence-corrected chi connectivity index (χ0v) is 11.9. The molecule has 1 aliphatic heterocycles. The molecule has 108 valence electrons. The predicted molar refractivity (Wildman–Crippen MR) is 74.0 cm³/mol. The van der Waals surface area contributed by atoms with Crippen molar-refractivity contribution in [1.29, 1.82) is 0 Å². The standard InChI is InChI=1S/C13H16N2O4S/c1-8(16)14-9-4-6-15(7-5-9)12(17)10-2-3-11(20-10)13(18)19/h2-3,9H,4-7H2,1H3,(H,14,16)(H,18,19). The molecule has 0 aromatic carbocycles. The molecule has 7 heteroatoms. The quantitative estimate of drug-likeness (QED) is 0.877. The van der Waals surface area contributed by atoms with Gasteiger partial charge in [-0.2, -0.15) is 0 Å². The summed E-state index contributed by atoms with van der Waals surface area (Å²) in [6, 6.07) is 3.12. The second kappa shape index (κ2) is 6.04. The third-order valence-corrected chi connectivity index (χ3v) is 4.28. The summed E-state index contributed by atoms with van der Waals surface area (Å²) in [5, 5.41) is 11.7. The maximum Gasteiger partial charge on any atom is 0.345 e. The van der Waals surface area contributed by atoms with E-state index in [-0.39, 0.29) is 22.7 Å². The average molecular weight is 296 g/mol. The summed E-state index contributed by atoms with van der Waals surface area (Å²) < 4.78 is 0. The lowest BCUT2D eigenvalue weighted by molar-refractivity contribution is -0.119. The van der Waals surface area contributed by atoms with E-state index in [0.29, 0.717) is 18.0 Å². The van der Waals surface area contributed by atoms with Crippen LogP contribution in [0.3, 0.4) is 0 Å². The van der Waals surface area contributed by atoms with Gasteiger partial charge in [0.1, 0.15) is 4.88 Å². The first-order chi connectivity index (χ1) is 9.47. The second-order valence-electron chi connectivity index (χ2n) is 4.74. The minimum atomic E-state index is -1.02. The molecule has 2 rings (SSSR count). The van der Waals surface area contributed by atoms with Gasteiger partial charge in [0.05, 0.1) is 4.88 Å². The van der Waals surface area contributed by atoms with Crippen LogP contribution < -0.4 is 5.32 Å². The Bertz CT molecular complexity index is 532. The maximum absolute atomic E-state index is 12.2. The third-order valence-electron chi connectivity index (χ3n) is 3.22. The molecule has 2 N–H and O–H groups in total. The van der Waals surface area contributed by atoms with Crippen molar-refractivity contribution in [3.63, 3.8) is 0 Å². The summed E-state index contributed by atoms with van der Waals surface area (Å²) in [6.07, 6.45) is 1.45. The van der Waals surface area contributed by atoms with Gasteiger partial charge in [0, 0.05) is 26.1 Å². The molecule has 1 aliphatic rings. The second-order valence-corrected chi connectivity index (χ2v) is 5.82. The zero-order chi connectivity index (χ0) is 14.7. The Morgan fingerprint density at radius 2 is 1.85 bits per heavy atom. The number of amides is 2. The van der Waals surface area contributed by atoms with Gasteiger partial charge in [-0.15, -0.1) is 11.3 Å². The molecule has 0 unspecified atom stereocenters. The molecule has 0 radical (unpaired) electrons. The number of carboxylic acid groups (broad SMARTS) is 1. The minimum Gasteiger partial charge on any atom is -0.477 e. The lowest BCUT2D eigenvalue weighted by atomic mass is 10.0. The predicted octanol–water partition coefficient (Wildman–Crippen LogP) is 1.19. The van der Waals surface area contributed by atoms with E-state index in [0.717, 1.165) is 24.2 Å². The molecule has 2 amide bonds. The maximum atomic E-state index is 12.2. The number of hydrogen-bond donors (Lipinski definition) is 2. The van der Waals surface area contributed by atoms with E-state index >= 15 is 0 Å². The summed E-state index contributed by atoms with van der Waals surface area (Å²) in [7, 11) is 0. The Labute approximate surface area is 120 Å². The summed E-state index contributed by atoms with van der Waals surface area (Å²) in [6.45, 7) is 2.63. The number of aromatic carboxylic acids is 1. The van der Waals surface area contributed by atoms with Gasteiger partial charge >= 0.3 is 5.97 Å². The monoisotopic (exact) mass is 296 g/mol. The fourth-order valence-electron chi connectivity index (χ4n) is 2.24. The first-order valence-electron chi connectivity index (χ1n) is 6.37. The van der Waals surface area contributed by atoms with E-state index < -0.39 is 5.97 Å². The van der Waals surface area contributed by atoms with Crippen molar-refractivity contribution in [2.45, 2.75) is 25.8 Å². The number of thiophene rings is 1. The van der Waals surface area contributed by atoms with Gasteiger partial charge in [-0.05, 0) is 25.0 Å². The molecule has 0 bridgehead atoms. The molecular formula is C13H16N2O4S. The van der Waals surface area contributed by atoms with Crippen molar-refractivity contribution in [3.8, 4) is 0 Å². The molecular weight excluding hydrogens is 280 g/mol. The number of rotatable bonds is 3. The smallest absolute Gasteiger partial charge is 0.345 e. The first kappa shape index (κ1) is 14.5. The molecule has 0 aliphatic carbocycles. The minimum absolute atomic E-state index is 0.0564. The molecule has 2 heterocycles.